The molecule has 0 saturated heterocycles. The Morgan fingerprint density at radius 3 is 2.58 bits per heavy atom. The highest BCUT2D eigenvalue weighted by Crippen LogP contribution is 2.23. The van der Waals surface area contributed by atoms with E-state index >= 15 is 0 Å². The number of carbonyl (C=O) groups excluding carboxylic acids is 1. The Kier molecular flexibility index (Phi) is 9.13. The van der Waals surface area contributed by atoms with Crippen LogP contribution in [0.1, 0.15) is 35.9 Å². The van der Waals surface area contributed by atoms with E-state index in [0.29, 0.717) is 18.0 Å². The van der Waals surface area contributed by atoms with Gasteiger partial charge < -0.3 is 10.6 Å². The van der Waals surface area contributed by atoms with E-state index < -0.39 is 0 Å². The largest absolute Gasteiger partial charge is 0.355 e. The molecule has 1 heterocycles. The van der Waals surface area contributed by atoms with Crippen LogP contribution >= 0.6 is 24.0 Å². The molecule has 7 heteroatoms. The third-order valence-corrected chi connectivity index (χ3v) is 4.64. The predicted octanol–water partition coefficient (Wildman–Crippen LogP) is 3.53. The number of aromatic nitrogens is 2. The summed E-state index contributed by atoms with van der Waals surface area (Å²) in [6, 6.07) is 5.87. The maximum Gasteiger partial charge on any atom is 0.224 e. The Bertz CT molecular complexity index is 743. The van der Waals surface area contributed by atoms with Crippen molar-refractivity contribution in [3.63, 3.8) is 0 Å². The molecule has 26 heavy (non-hydrogen) atoms. The zero-order chi connectivity index (χ0) is 18.4. The molecule has 2 N–H and O–H groups in total. The minimum Gasteiger partial charge on any atom is -0.355 e. The van der Waals surface area contributed by atoms with Crippen molar-refractivity contribution < 1.29 is 4.79 Å². The van der Waals surface area contributed by atoms with Crippen LogP contribution < -0.4 is 10.6 Å². The van der Waals surface area contributed by atoms with Crippen molar-refractivity contribution in [2.45, 2.75) is 40.5 Å². The van der Waals surface area contributed by atoms with E-state index in [2.05, 4.69) is 22.7 Å². The molecule has 1 aromatic carbocycles. The monoisotopic (exact) mass is 398 g/mol. The van der Waals surface area contributed by atoms with Crippen LogP contribution in [0.5, 0.6) is 0 Å². The summed E-state index contributed by atoms with van der Waals surface area (Å²) in [5.41, 5.74) is 4.75. The topological polar surface area (TPSA) is 58.9 Å². The van der Waals surface area contributed by atoms with Crippen LogP contribution in [0.15, 0.2) is 18.2 Å². The summed E-state index contributed by atoms with van der Waals surface area (Å²) in [5, 5.41) is 11.5. The number of aryl methyl sites for hydroxylation is 2. The number of amides is 1. The van der Waals surface area contributed by atoms with Gasteiger partial charge in [-0.05, 0) is 51.4 Å². The second-order valence-corrected chi connectivity index (χ2v) is 6.68. The lowest BCUT2D eigenvalue weighted by Gasteiger charge is -2.08. The van der Waals surface area contributed by atoms with Crippen LogP contribution in [0, 0.1) is 20.8 Å². The normalized spacial score (nSPS) is 10.5. The maximum atomic E-state index is 12.2. The molecule has 1 amide bonds. The second-order valence-electron chi connectivity index (χ2n) is 6.27. The number of carbonyl (C=O) groups is 1. The maximum absolute atomic E-state index is 12.2. The molecule has 0 unspecified atom stereocenters. The lowest BCUT2D eigenvalue weighted by molar-refractivity contribution is -0.120. The summed E-state index contributed by atoms with van der Waals surface area (Å²) in [7, 11) is 0. The molecule has 144 valence electrons. The predicted molar refractivity (Wildman–Crippen MR) is 110 cm³/mol. The van der Waals surface area contributed by atoms with Crippen molar-refractivity contribution in [1.29, 1.82) is 0 Å². The average molecular weight is 399 g/mol. The number of rotatable bonds is 8. The number of halogens is 2. The van der Waals surface area contributed by atoms with Crippen molar-refractivity contribution in [2.75, 3.05) is 19.6 Å². The minimum absolute atomic E-state index is 0. The molecule has 0 aliphatic heterocycles. The van der Waals surface area contributed by atoms with Gasteiger partial charge in [-0.3, -0.25) is 4.79 Å². The molecule has 0 spiro atoms. The Morgan fingerprint density at radius 1 is 1.19 bits per heavy atom. The van der Waals surface area contributed by atoms with Crippen LogP contribution in [-0.4, -0.2) is 35.3 Å². The number of nitrogens with one attached hydrogen (secondary N) is 2. The fourth-order valence-electron chi connectivity index (χ4n) is 2.71. The highest BCUT2D eigenvalue weighted by molar-refractivity contribution is 6.31. The average Bonchev–Trinajstić information content (AvgIpc) is 2.85. The Morgan fingerprint density at radius 2 is 1.92 bits per heavy atom. The van der Waals surface area contributed by atoms with Crippen molar-refractivity contribution in [3.05, 3.63) is 45.7 Å². The molecule has 5 nitrogen and oxygen atoms in total. The first-order valence-electron chi connectivity index (χ1n) is 8.73. The molecule has 2 aromatic rings. The number of hydrogen-bond acceptors (Lipinski definition) is 3. The first kappa shape index (κ1) is 22.5. The molecule has 0 atom stereocenters. The number of benzene rings is 1. The summed E-state index contributed by atoms with van der Waals surface area (Å²) in [5.74, 6) is 0.0194. The first-order valence-corrected chi connectivity index (χ1v) is 9.10. The van der Waals surface area contributed by atoms with Crippen molar-refractivity contribution in [3.8, 4) is 5.69 Å². The Balaban J connectivity index is 0.00000338. The van der Waals surface area contributed by atoms with Gasteiger partial charge in [-0.1, -0.05) is 24.6 Å². The van der Waals surface area contributed by atoms with Crippen LogP contribution in [0.3, 0.4) is 0 Å². The lowest BCUT2D eigenvalue weighted by atomic mass is 10.1. The Hall–Kier alpha value is -1.56. The van der Waals surface area contributed by atoms with E-state index in [-0.39, 0.29) is 18.3 Å². The molecule has 2 rings (SSSR count). The van der Waals surface area contributed by atoms with E-state index in [1.54, 1.807) is 0 Å². The van der Waals surface area contributed by atoms with Crippen LogP contribution in [0.4, 0.5) is 0 Å². The van der Waals surface area contributed by atoms with Gasteiger partial charge in [0.25, 0.3) is 0 Å². The van der Waals surface area contributed by atoms with Gasteiger partial charge in [0, 0.05) is 29.4 Å². The minimum atomic E-state index is 0. The quantitative estimate of drug-likeness (QED) is 0.668. The molecule has 0 fully saturated rings. The van der Waals surface area contributed by atoms with Gasteiger partial charge in [-0.2, -0.15) is 5.10 Å². The van der Waals surface area contributed by atoms with Gasteiger partial charge in [0.1, 0.15) is 0 Å². The van der Waals surface area contributed by atoms with E-state index in [4.69, 9.17) is 11.6 Å². The fourth-order valence-corrected chi connectivity index (χ4v) is 2.89. The molecule has 0 aliphatic carbocycles. The van der Waals surface area contributed by atoms with Crippen LogP contribution in [-0.2, 0) is 11.2 Å². The number of hydrogen-bond donors (Lipinski definition) is 2. The van der Waals surface area contributed by atoms with Gasteiger partial charge in [0.2, 0.25) is 5.91 Å². The summed E-state index contributed by atoms with van der Waals surface area (Å²) in [6.45, 7) is 10.4. The zero-order valence-electron chi connectivity index (χ0n) is 15.9. The summed E-state index contributed by atoms with van der Waals surface area (Å²) in [4.78, 5) is 12.2. The van der Waals surface area contributed by atoms with E-state index in [1.807, 2.05) is 43.7 Å². The molecule has 0 aliphatic rings. The van der Waals surface area contributed by atoms with Gasteiger partial charge >= 0.3 is 0 Å². The van der Waals surface area contributed by atoms with E-state index in [9.17, 15) is 4.79 Å². The summed E-state index contributed by atoms with van der Waals surface area (Å²) in [6.07, 6.45) is 1.43. The molecular weight excluding hydrogens is 371 g/mol. The van der Waals surface area contributed by atoms with Gasteiger partial charge in [0.15, 0.2) is 0 Å². The van der Waals surface area contributed by atoms with Gasteiger partial charge in [0.05, 0.1) is 17.8 Å². The molecule has 0 bridgehead atoms. The third-order valence-electron chi connectivity index (χ3n) is 4.23. The summed E-state index contributed by atoms with van der Waals surface area (Å²) >= 11 is 6.23. The van der Waals surface area contributed by atoms with Crippen molar-refractivity contribution in [1.82, 2.24) is 20.4 Å². The zero-order valence-corrected chi connectivity index (χ0v) is 17.4. The third kappa shape index (κ3) is 5.73. The second kappa shape index (κ2) is 10.6. The fraction of sp³-hybridized carbons (Fsp3) is 0.474. The highest BCUT2D eigenvalue weighted by Gasteiger charge is 2.16. The molecular formula is C19H28Cl2N4O. The van der Waals surface area contributed by atoms with Crippen molar-refractivity contribution >= 4 is 29.9 Å². The van der Waals surface area contributed by atoms with E-state index in [0.717, 1.165) is 47.7 Å². The standard InChI is InChI=1S/C19H27ClN4O.ClH/c1-5-8-21-9-10-22-19(25)12-17-14(3)23-24(15(17)4)16-7-6-13(2)18(20)11-16;/h6-7,11,21H,5,8-10,12H2,1-4H3,(H,22,25);1H. The Labute approximate surface area is 166 Å². The van der Waals surface area contributed by atoms with Crippen LogP contribution in [0.25, 0.3) is 5.69 Å². The van der Waals surface area contributed by atoms with E-state index in [1.165, 1.54) is 0 Å². The molecule has 0 saturated carbocycles. The van der Waals surface area contributed by atoms with Crippen molar-refractivity contribution in [2.24, 2.45) is 0 Å². The number of nitrogens with zero attached hydrogens (tertiary/aromatic N) is 2. The SMILES string of the molecule is CCCNCCNC(=O)Cc1c(C)nn(-c2ccc(C)c(Cl)c2)c1C.Cl. The summed E-state index contributed by atoms with van der Waals surface area (Å²) < 4.78 is 1.85. The molecule has 1 aromatic heterocycles. The van der Waals surface area contributed by atoms with Gasteiger partial charge in [-0.25, -0.2) is 4.68 Å². The van der Waals surface area contributed by atoms with Crippen LogP contribution in [0.2, 0.25) is 5.02 Å². The molecule has 0 radical (unpaired) electrons. The smallest absolute Gasteiger partial charge is 0.224 e. The lowest BCUT2D eigenvalue weighted by Crippen LogP contribution is -2.33. The highest BCUT2D eigenvalue weighted by atomic mass is 35.5. The first-order chi connectivity index (χ1) is 11.9. The van der Waals surface area contributed by atoms with Gasteiger partial charge in [-0.15, -0.1) is 12.4 Å².